The van der Waals surface area contributed by atoms with Crippen LogP contribution < -0.4 is 10.6 Å². The summed E-state index contributed by atoms with van der Waals surface area (Å²) in [6.45, 7) is 6.27. The molecule has 4 heterocycles. The van der Waals surface area contributed by atoms with Gasteiger partial charge >= 0.3 is 11.9 Å². The van der Waals surface area contributed by atoms with E-state index in [1.54, 1.807) is 12.1 Å². The third kappa shape index (κ3) is 6.93. The predicted octanol–water partition coefficient (Wildman–Crippen LogP) is 3.23. The zero-order chi connectivity index (χ0) is 31.5. The number of benzene rings is 1. The van der Waals surface area contributed by atoms with Gasteiger partial charge in [-0.15, -0.1) is 0 Å². The molecule has 1 aromatic carbocycles. The van der Waals surface area contributed by atoms with Gasteiger partial charge in [-0.3, -0.25) is 14.4 Å². The lowest BCUT2D eigenvalue weighted by molar-refractivity contribution is -0.576. The van der Waals surface area contributed by atoms with E-state index in [0.29, 0.717) is 18.8 Å². The maximum absolute atomic E-state index is 12.8. The van der Waals surface area contributed by atoms with Crippen LogP contribution in [0, 0.1) is 23.7 Å². The number of aliphatic carboxylic acids is 1. The van der Waals surface area contributed by atoms with Crippen LogP contribution in [0.3, 0.4) is 0 Å². The summed E-state index contributed by atoms with van der Waals surface area (Å²) >= 11 is 0. The van der Waals surface area contributed by atoms with E-state index in [-0.39, 0.29) is 55.9 Å². The fraction of sp³-hybridized carbons (Fsp3) is 0.688. The largest absolute Gasteiger partial charge is 0.480 e. The van der Waals surface area contributed by atoms with Gasteiger partial charge < -0.3 is 30.0 Å². The highest BCUT2D eigenvalue weighted by Gasteiger charge is 2.69. The number of nitrogens with one attached hydrogen (secondary N) is 2. The highest BCUT2D eigenvalue weighted by Crippen LogP contribution is 2.60. The first-order valence-corrected chi connectivity index (χ1v) is 15.7. The Hall–Kier alpha value is -3.06. The molecule has 0 unspecified atom stereocenters. The lowest BCUT2D eigenvalue weighted by Crippen LogP contribution is -2.70. The first-order chi connectivity index (χ1) is 21.0. The number of carbonyl (C=O) groups excluding carboxylic acids is 3. The van der Waals surface area contributed by atoms with Crippen LogP contribution in [0.5, 0.6) is 0 Å². The van der Waals surface area contributed by atoms with Crippen LogP contribution in [0.4, 0.5) is 0 Å². The summed E-state index contributed by atoms with van der Waals surface area (Å²) < 4.78 is 18.3. The average Bonchev–Trinajstić information content (AvgIpc) is 3.22. The second-order valence-corrected chi connectivity index (χ2v) is 12.9. The van der Waals surface area contributed by atoms with Crippen molar-refractivity contribution in [2.45, 2.75) is 109 Å². The highest BCUT2D eigenvalue weighted by atomic mass is 17.3. The van der Waals surface area contributed by atoms with Crippen molar-refractivity contribution in [1.82, 2.24) is 10.6 Å². The molecule has 3 N–H and O–H groups in total. The maximum atomic E-state index is 12.8. The molecule has 6 rings (SSSR count). The minimum Gasteiger partial charge on any atom is -0.480 e. The van der Waals surface area contributed by atoms with Crippen molar-refractivity contribution < 1.29 is 48.3 Å². The van der Waals surface area contributed by atoms with Crippen molar-refractivity contribution >= 4 is 23.8 Å². The summed E-state index contributed by atoms with van der Waals surface area (Å²) in [6, 6.07) is 8.02. The number of carbonyl (C=O) groups is 4. The number of carboxylic acids is 1. The molecule has 0 radical (unpaired) electrons. The quantitative estimate of drug-likeness (QED) is 0.181. The third-order valence-electron chi connectivity index (χ3n) is 9.72. The van der Waals surface area contributed by atoms with Gasteiger partial charge in [-0.2, -0.15) is 0 Å². The Bertz CT molecular complexity index is 1210. The number of carboxylic acid groups (broad SMARTS) is 1. The van der Waals surface area contributed by atoms with Gasteiger partial charge in [0.25, 0.3) is 0 Å². The van der Waals surface area contributed by atoms with Crippen LogP contribution in [-0.4, -0.2) is 65.4 Å². The molecule has 5 aliphatic rings. The van der Waals surface area contributed by atoms with Crippen molar-refractivity contribution in [2.24, 2.45) is 23.7 Å². The lowest BCUT2D eigenvalue weighted by Gasteiger charge is -2.59. The molecular weight excluding hydrogens is 572 g/mol. The van der Waals surface area contributed by atoms with Gasteiger partial charge in [0, 0.05) is 44.1 Å². The predicted molar refractivity (Wildman–Crippen MR) is 154 cm³/mol. The van der Waals surface area contributed by atoms with E-state index in [1.165, 1.54) is 0 Å². The maximum Gasteiger partial charge on any atom is 0.326 e. The van der Waals surface area contributed by atoms with E-state index in [2.05, 4.69) is 17.6 Å². The normalized spacial score (nSPS) is 34.6. The Morgan fingerprint density at radius 1 is 1.00 bits per heavy atom. The van der Waals surface area contributed by atoms with Crippen molar-refractivity contribution in [3.63, 3.8) is 0 Å². The van der Waals surface area contributed by atoms with Gasteiger partial charge in [0.15, 0.2) is 11.9 Å². The Balaban J connectivity index is 1.03. The summed E-state index contributed by atoms with van der Waals surface area (Å²) in [5.41, 5.74) is 0.0582. The average molecular weight is 617 g/mol. The van der Waals surface area contributed by atoms with Crippen molar-refractivity contribution in [3.05, 3.63) is 35.9 Å². The molecule has 12 nitrogen and oxygen atoms in total. The minimum atomic E-state index is -1.11. The molecule has 4 aliphatic heterocycles. The van der Waals surface area contributed by atoms with Crippen LogP contribution in [0.1, 0.15) is 77.7 Å². The topological polar surface area (TPSA) is 159 Å². The van der Waals surface area contributed by atoms with E-state index >= 15 is 0 Å². The number of ether oxygens (including phenoxy) is 3. The smallest absolute Gasteiger partial charge is 0.326 e. The van der Waals surface area contributed by atoms with E-state index < -0.39 is 47.9 Å². The van der Waals surface area contributed by atoms with Crippen LogP contribution in [0.25, 0.3) is 0 Å². The monoisotopic (exact) mass is 616 g/mol. The number of amides is 2. The van der Waals surface area contributed by atoms with Gasteiger partial charge in [0.1, 0.15) is 6.04 Å². The molecule has 9 atom stereocenters. The number of fused-ring (bicyclic) bond motifs is 2. The van der Waals surface area contributed by atoms with Gasteiger partial charge in [0.2, 0.25) is 23.9 Å². The number of hydrogen-bond donors (Lipinski definition) is 3. The molecule has 242 valence electrons. The van der Waals surface area contributed by atoms with E-state index in [0.717, 1.165) is 24.8 Å². The molecule has 1 aromatic rings. The van der Waals surface area contributed by atoms with Crippen LogP contribution >= 0.6 is 0 Å². The number of rotatable bonds is 12. The highest BCUT2D eigenvalue weighted by molar-refractivity contribution is 5.84. The van der Waals surface area contributed by atoms with Gasteiger partial charge in [-0.05, 0) is 50.0 Å². The standard InChI is InChI=1S/C32H44N2O10/c1-19-11-12-23-20(2)29(41-30-32(23)22(19)15-16-31(3,42-30)43-44-32)40-27(37)14-13-25(35)33-17-7-10-26(36)34-24(28(38)39)18-21-8-5-4-6-9-21/h4-6,8-9,19-20,22-24,29-30H,7,10-18H2,1-3H3,(H,33,35)(H,34,36)(H,38,39)/t19-,20+,22+,23-,24-,29+,30+,31-,32+/m1/s1. The molecule has 44 heavy (non-hydrogen) atoms. The molecule has 1 aliphatic carbocycles. The first kappa shape index (κ1) is 32.3. The lowest BCUT2D eigenvalue weighted by atomic mass is 9.58. The summed E-state index contributed by atoms with van der Waals surface area (Å²) in [7, 11) is 0. The number of esters is 1. The van der Waals surface area contributed by atoms with Gasteiger partial charge in [0.05, 0.1) is 6.42 Å². The molecule has 1 spiro atoms. The van der Waals surface area contributed by atoms with E-state index in [9.17, 15) is 24.3 Å². The molecular formula is C32H44N2O10. The molecule has 1 saturated carbocycles. The summed E-state index contributed by atoms with van der Waals surface area (Å²) in [5, 5.41) is 14.7. The first-order valence-electron chi connectivity index (χ1n) is 15.7. The molecule has 4 saturated heterocycles. The summed E-state index contributed by atoms with van der Waals surface area (Å²) in [6.07, 6.45) is 2.29. The van der Waals surface area contributed by atoms with Crippen LogP contribution in [0.15, 0.2) is 30.3 Å². The minimum absolute atomic E-state index is 0.0208. The fourth-order valence-electron chi connectivity index (χ4n) is 7.29. The van der Waals surface area contributed by atoms with Crippen LogP contribution in [-0.2, 0) is 49.6 Å². The Morgan fingerprint density at radius 3 is 2.52 bits per heavy atom. The summed E-state index contributed by atoms with van der Waals surface area (Å²) in [5.74, 6) is -2.86. The van der Waals surface area contributed by atoms with Crippen molar-refractivity contribution in [1.29, 1.82) is 0 Å². The SMILES string of the molecule is C[C@@H]1[C@@H](OC(=O)CCC(=O)NCCCC(=O)N[C@H](Cc2ccccc2)C(=O)O)O[C@H]2O[C@@]3(C)CC[C@H]4[C@H](C)CC[C@H]1[C@]24OO3. The zero-order valence-electron chi connectivity index (χ0n) is 25.6. The molecule has 5 fully saturated rings. The van der Waals surface area contributed by atoms with Crippen molar-refractivity contribution in [2.75, 3.05) is 6.54 Å². The Kier molecular flexibility index (Phi) is 9.93. The second kappa shape index (κ2) is 13.5. The van der Waals surface area contributed by atoms with Gasteiger partial charge in [-0.25, -0.2) is 14.6 Å². The van der Waals surface area contributed by atoms with Gasteiger partial charge in [-0.1, -0.05) is 44.2 Å². The van der Waals surface area contributed by atoms with E-state index in [4.69, 9.17) is 24.0 Å². The molecule has 2 bridgehead atoms. The summed E-state index contributed by atoms with van der Waals surface area (Å²) in [4.78, 5) is 60.9. The molecule has 2 amide bonds. The van der Waals surface area contributed by atoms with Crippen LogP contribution in [0.2, 0.25) is 0 Å². The number of hydrogen-bond acceptors (Lipinski definition) is 9. The Morgan fingerprint density at radius 2 is 1.77 bits per heavy atom. The Labute approximate surface area is 257 Å². The van der Waals surface area contributed by atoms with Crippen molar-refractivity contribution in [3.8, 4) is 0 Å². The third-order valence-corrected chi connectivity index (χ3v) is 9.72. The molecule has 12 heteroatoms. The second-order valence-electron chi connectivity index (χ2n) is 12.9. The van der Waals surface area contributed by atoms with E-state index in [1.807, 2.05) is 32.0 Å². The fourth-order valence-corrected chi connectivity index (χ4v) is 7.29. The molecule has 0 aromatic heterocycles. The zero-order valence-corrected chi connectivity index (χ0v) is 25.6.